The minimum atomic E-state index is -4.09. The van der Waals surface area contributed by atoms with Gasteiger partial charge in [-0.15, -0.1) is 0 Å². The number of nitrogens with zero attached hydrogens (tertiary/aromatic N) is 1. The van der Waals surface area contributed by atoms with Crippen LogP contribution in [0.3, 0.4) is 0 Å². The summed E-state index contributed by atoms with van der Waals surface area (Å²) in [6, 6.07) is 17.8. The second-order valence-corrected chi connectivity index (χ2v) is 9.51. The quantitative estimate of drug-likeness (QED) is 0.474. The number of hydrogen-bond donors (Lipinski definition) is 0. The Morgan fingerprint density at radius 2 is 1.37 bits per heavy atom. The Balaban J connectivity index is 1.90. The Labute approximate surface area is 183 Å². The second-order valence-electron chi connectivity index (χ2n) is 6.66. The highest BCUT2D eigenvalue weighted by Gasteiger charge is 2.50. The number of carbonyl (C=O) groups excluding carboxylic acids is 1. The standard InChI is InChI=1S/C22H14Cl2FNO3S/c23-16-5-3-15(4-6-16)22-26(19-11-7-17(24)8-12-19)21(27)20(30(22,28)29)13-14-1-9-18(25)10-2-14/h1-13,22H/b20-13-/t22-/m0/s1. The van der Waals surface area contributed by atoms with Gasteiger partial charge < -0.3 is 0 Å². The maximum Gasteiger partial charge on any atom is 0.271 e. The van der Waals surface area contributed by atoms with Crippen LogP contribution in [-0.4, -0.2) is 14.3 Å². The summed E-state index contributed by atoms with van der Waals surface area (Å²) in [5.74, 6) is -1.14. The van der Waals surface area contributed by atoms with Crippen molar-refractivity contribution in [1.82, 2.24) is 0 Å². The van der Waals surface area contributed by atoms with E-state index >= 15 is 0 Å². The van der Waals surface area contributed by atoms with Crippen molar-refractivity contribution in [3.8, 4) is 0 Å². The van der Waals surface area contributed by atoms with Crippen LogP contribution in [0.4, 0.5) is 10.1 Å². The summed E-state index contributed by atoms with van der Waals surface area (Å²) in [6.45, 7) is 0. The zero-order valence-electron chi connectivity index (χ0n) is 15.3. The second kappa shape index (κ2) is 7.87. The van der Waals surface area contributed by atoms with E-state index in [0.29, 0.717) is 26.9 Å². The minimum absolute atomic E-state index is 0.371. The van der Waals surface area contributed by atoms with E-state index in [1.807, 2.05) is 0 Å². The van der Waals surface area contributed by atoms with Crippen LogP contribution >= 0.6 is 23.2 Å². The Morgan fingerprint density at radius 1 is 0.833 bits per heavy atom. The zero-order valence-corrected chi connectivity index (χ0v) is 17.6. The van der Waals surface area contributed by atoms with Crippen molar-refractivity contribution >= 4 is 50.7 Å². The normalized spacial score (nSPS) is 19.4. The van der Waals surface area contributed by atoms with Gasteiger partial charge in [0.2, 0.25) is 9.84 Å². The van der Waals surface area contributed by atoms with E-state index in [2.05, 4.69) is 0 Å². The molecule has 0 unspecified atom stereocenters. The van der Waals surface area contributed by atoms with Gasteiger partial charge in [-0.05, 0) is 65.7 Å². The van der Waals surface area contributed by atoms with E-state index in [1.54, 1.807) is 48.5 Å². The summed E-state index contributed by atoms with van der Waals surface area (Å²) in [6.07, 6.45) is 1.26. The molecule has 1 amide bonds. The van der Waals surface area contributed by atoms with Crippen LogP contribution in [0.1, 0.15) is 16.5 Å². The molecule has 0 spiro atoms. The number of anilines is 1. The lowest BCUT2D eigenvalue weighted by Crippen LogP contribution is -2.28. The van der Waals surface area contributed by atoms with Crippen molar-refractivity contribution in [3.05, 3.63) is 105 Å². The van der Waals surface area contributed by atoms with Gasteiger partial charge in [0.05, 0.1) is 0 Å². The molecule has 152 valence electrons. The molecule has 3 aromatic rings. The highest BCUT2D eigenvalue weighted by molar-refractivity contribution is 7.97. The van der Waals surface area contributed by atoms with Gasteiger partial charge in [-0.2, -0.15) is 0 Å². The fourth-order valence-electron chi connectivity index (χ4n) is 3.27. The predicted molar refractivity (Wildman–Crippen MR) is 116 cm³/mol. The fourth-order valence-corrected chi connectivity index (χ4v) is 5.42. The number of sulfone groups is 1. The summed E-state index contributed by atoms with van der Waals surface area (Å²) in [4.78, 5) is 14.1. The summed E-state index contributed by atoms with van der Waals surface area (Å²) < 4.78 is 40.1. The first-order chi connectivity index (χ1) is 14.3. The number of halogens is 3. The molecule has 3 aromatic carbocycles. The third kappa shape index (κ3) is 3.74. The van der Waals surface area contributed by atoms with Crippen molar-refractivity contribution in [3.63, 3.8) is 0 Å². The SMILES string of the molecule is O=C1/C(=C/c2ccc(F)cc2)S(=O)(=O)[C@@H](c2ccc(Cl)cc2)N1c1ccc(Cl)cc1. The van der Waals surface area contributed by atoms with Crippen LogP contribution in [0.2, 0.25) is 10.0 Å². The summed E-state index contributed by atoms with van der Waals surface area (Å²) in [5, 5.41) is -0.367. The van der Waals surface area contributed by atoms with Crippen LogP contribution in [0.15, 0.2) is 77.7 Å². The molecule has 0 N–H and O–H groups in total. The molecule has 8 heteroatoms. The minimum Gasteiger partial charge on any atom is -0.286 e. The molecule has 0 bridgehead atoms. The lowest BCUT2D eigenvalue weighted by Gasteiger charge is -2.23. The Hall–Kier alpha value is -2.67. The first kappa shape index (κ1) is 20.6. The average Bonchev–Trinajstić information content (AvgIpc) is 2.91. The fraction of sp³-hybridized carbons (Fsp3) is 0.0455. The van der Waals surface area contributed by atoms with Gasteiger partial charge >= 0.3 is 0 Å². The Bertz CT molecular complexity index is 1240. The summed E-state index contributed by atoms with van der Waals surface area (Å²) >= 11 is 11.9. The molecular weight excluding hydrogens is 448 g/mol. The molecule has 0 radical (unpaired) electrons. The number of rotatable bonds is 3. The highest BCUT2D eigenvalue weighted by Crippen LogP contribution is 2.43. The van der Waals surface area contributed by atoms with E-state index in [9.17, 15) is 17.6 Å². The van der Waals surface area contributed by atoms with Crippen LogP contribution in [0.5, 0.6) is 0 Å². The Kier molecular flexibility index (Phi) is 5.40. The zero-order chi connectivity index (χ0) is 21.5. The smallest absolute Gasteiger partial charge is 0.271 e. The molecule has 1 atom stereocenters. The number of benzene rings is 3. The molecule has 1 aliphatic rings. The van der Waals surface area contributed by atoms with Crippen molar-refractivity contribution in [2.75, 3.05) is 4.90 Å². The topological polar surface area (TPSA) is 54.5 Å². The van der Waals surface area contributed by atoms with Crippen LogP contribution in [-0.2, 0) is 14.6 Å². The number of hydrogen-bond acceptors (Lipinski definition) is 3. The molecule has 4 rings (SSSR count). The molecular formula is C22H14Cl2FNO3S. The first-order valence-corrected chi connectivity index (χ1v) is 11.1. The summed E-state index contributed by atoms with van der Waals surface area (Å²) in [5.41, 5.74) is 1.18. The number of carbonyl (C=O) groups is 1. The van der Waals surface area contributed by atoms with Gasteiger partial charge in [0.1, 0.15) is 10.7 Å². The molecule has 1 heterocycles. The molecule has 1 saturated heterocycles. The maximum atomic E-state index is 13.4. The van der Waals surface area contributed by atoms with Gasteiger partial charge in [0.25, 0.3) is 5.91 Å². The first-order valence-electron chi connectivity index (χ1n) is 8.83. The van der Waals surface area contributed by atoms with Gasteiger partial charge in [-0.25, -0.2) is 12.8 Å². The van der Waals surface area contributed by atoms with Crippen LogP contribution < -0.4 is 4.90 Å². The molecule has 1 fully saturated rings. The van der Waals surface area contributed by atoms with Crippen molar-refractivity contribution in [2.45, 2.75) is 5.37 Å². The van der Waals surface area contributed by atoms with E-state index < -0.39 is 26.9 Å². The maximum absolute atomic E-state index is 13.4. The molecule has 30 heavy (non-hydrogen) atoms. The Morgan fingerprint density at radius 3 is 1.93 bits per heavy atom. The van der Waals surface area contributed by atoms with Crippen molar-refractivity contribution < 1.29 is 17.6 Å². The van der Waals surface area contributed by atoms with Crippen LogP contribution in [0.25, 0.3) is 6.08 Å². The average molecular weight is 462 g/mol. The van der Waals surface area contributed by atoms with Crippen molar-refractivity contribution in [2.24, 2.45) is 0 Å². The van der Waals surface area contributed by atoms with Crippen molar-refractivity contribution in [1.29, 1.82) is 0 Å². The lowest BCUT2D eigenvalue weighted by molar-refractivity contribution is -0.114. The van der Waals surface area contributed by atoms with Crippen LogP contribution in [0, 0.1) is 5.82 Å². The lowest BCUT2D eigenvalue weighted by atomic mass is 10.1. The monoisotopic (exact) mass is 461 g/mol. The van der Waals surface area contributed by atoms with Gasteiger partial charge in [-0.3, -0.25) is 9.69 Å². The third-order valence-electron chi connectivity index (χ3n) is 4.69. The number of amides is 1. The van der Waals surface area contributed by atoms with Gasteiger partial charge in [0, 0.05) is 15.7 Å². The van der Waals surface area contributed by atoms with E-state index in [4.69, 9.17) is 23.2 Å². The molecule has 0 saturated carbocycles. The predicted octanol–water partition coefficient (Wildman–Crippen LogP) is 5.63. The van der Waals surface area contributed by atoms with E-state index in [0.717, 1.165) is 0 Å². The molecule has 4 nitrogen and oxygen atoms in total. The third-order valence-corrected chi connectivity index (χ3v) is 7.17. The molecule has 1 aliphatic heterocycles. The molecule has 0 aliphatic carbocycles. The van der Waals surface area contributed by atoms with Gasteiger partial charge in [0.15, 0.2) is 5.37 Å². The highest BCUT2D eigenvalue weighted by atomic mass is 35.5. The largest absolute Gasteiger partial charge is 0.286 e. The van der Waals surface area contributed by atoms with E-state index in [1.165, 1.54) is 35.2 Å². The van der Waals surface area contributed by atoms with Gasteiger partial charge in [-0.1, -0.05) is 47.5 Å². The van der Waals surface area contributed by atoms with E-state index in [-0.39, 0.29) is 4.91 Å². The molecule has 0 aromatic heterocycles. The summed E-state index contributed by atoms with van der Waals surface area (Å²) in [7, 11) is -4.09.